The summed E-state index contributed by atoms with van der Waals surface area (Å²) in [6.07, 6.45) is 0.157. The molecule has 4 rings (SSSR count). The smallest absolute Gasteiger partial charge is 0.273 e. The van der Waals surface area contributed by atoms with Gasteiger partial charge in [0.1, 0.15) is 0 Å². The number of nitrogens with zero attached hydrogens (tertiary/aromatic N) is 3. The molecule has 0 unspecified atom stereocenters. The van der Waals surface area contributed by atoms with Crippen LogP contribution in [0.15, 0.2) is 52.1 Å². The van der Waals surface area contributed by atoms with Crippen molar-refractivity contribution >= 4 is 34.0 Å². The van der Waals surface area contributed by atoms with Gasteiger partial charge in [0.15, 0.2) is 0 Å². The van der Waals surface area contributed by atoms with E-state index in [-0.39, 0.29) is 30.0 Å². The Morgan fingerprint density at radius 2 is 1.73 bits per heavy atom. The average Bonchev–Trinajstić information content (AvgIpc) is 2.77. The second-order valence-corrected chi connectivity index (χ2v) is 7.93. The lowest BCUT2D eigenvalue weighted by Gasteiger charge is -2.37. The number of aromatic amines is 1. The van der Waals surface area contributed by atoms with Crippen molar-refractivity contribution < 1.29 is 4.79 Å². The molecule has 2 heterocycles. The van der Waals surface area contributed by atoms with Gasteiger partial charge in [0.2, 0.25) is 5.91 Å². The van der Waals surface area contributed by atoms with E-state index in [1.54, 1.807) is 29.2 Å². The summed E-state index contributed by atoms with van der Waals surface area (Å²) in [6, 6.07) is 12.5. The molecule has 7 nitrogen and oxygen atoms in total. The predicted octanol–water partition coefficient (Wildman–Crippen LogP) is 2.39. The molecule has 30 heavy (non-hydrogen) atoms. The number of piperazine rings is 1. The van der Waals surface area contributed by atoms with Gasteiger partial charge in [-0.3, -0.25) is 19.5 Å². The number of H-pyrrole nitrogens is 1. The Labute approximate surface area is 178 Å². The van der Waals surface area contributed by atoms with Crippen molar-refractivity contribution in [2.75, 3.05) is 31.1 Å². The average molecular weight is 427 g/mol. The van der Waals surface area contributed by atoms with Gasteiger partial charge in [-0.05, 0) is 36.8 Å². The molecular formula is C22H23ClN4O3. The minimum Gasteiger partial charge on any atom is -0.368 e. The Balaban J connectivity index is 1.40. The number of rotatable bonds is 4. The minimum absolute atomic E-state index is 0.0293. The third-order valence-corrected chi connectivity index (χ3v) is 5.81. The molecule has 1 aliphatic heterocycles. The maximum Gasteiger partial charge on any atom is 0.273 e. The molecule has 1 N–H and O–H groups in total. The largest absolute Gasteiger partial charge is 0.368 e. The van der Waals surface area contributed by atoms with Crippen LogP contribution in [-0.2, 0) is 11.3 Å². The normalized spacial score (nSPS) is 14.3. The standard InChI is InChI=1S/C22H23ClN4O3/c1-15-6-7-16(23)14-19(15)25-10-12-26(13-11-25)20(28)8-9-27-22(30)18-5-3-2-4-17(18)21(29)24-27/h2-7,14H,8-13H2,1H3,(H,24,29). The number of nitrogens with one attached hydrogen (secondary N) is 1. The van der Waals surface area contributed by atoms with Crippen molar-refractivity contribution in [2.45, 2.75) is 19.9 Å². The molecule has 1 aromatic heterocycles. The van der Waals surface area contributed by atoms with Crippen LogP contribution < -0.4 is 16.0 Å². The van der Waals surface area contributed by atoms with Crippen molar-refractivity contribution in [1.82, 2.24) is 14.7 Å². The van der Waals surface area contributed by atoms with Crippen LogP contribution in [0.3, 0.4) is 0 Å². The monoisotopic (exact) mass is 426 g/mol. The van der Waals surface area contributed by atoms with Gasteiger partial charge in [-0.1, -0.05) is 29.8 Å². The van der Waals surface area contributed by atoms with E-state index >= 15 is 0 Å². The van der Waals surface area contributed by atoms with Crippen LogP contribution in [0.2, 0.25) is 5.02 Å². The van der Waals surface area contributed by atoms with E-state index in [9.17, 15) is 14.4 Å². The number of amides is 1. The summed E-state index contributed by atoms with van der Waals surface area (Å²) < 4.78 is 1.23. The molecule has 0 atom stereocenters. The van der Waals surface area contributed by atoms with Gasteiger partial charge in [-0.15, -0.1) is 0 Å². The minimum atomic E-state index is -0.330. The number of aryl methyl sites for hydroxylation is 2. The van der Waals surface area contributed by atoms with Gasteiger partial charge >= 0.3 is 0 Å². The van der Waals surface area contributed by atoms with Gasteiger partial charge in [0.25, 0.3) is 11.1 Å². The number of benzene rings is 2. The molecule has 3 aromatic rings. The fourth-order valence-corrected chi connectivity index (χ4v) is 4.06. The number of hydrogen-bond donors (Lipinski definition) is 1. The third-order valence-electron chi connectivity index (χ3n) is 5.58. The highest BCUT2D eigenvalue weighted by Crippen LogP contribution is 2.25. The maximum atomic E-state index is 12.7. The number of anilines is 1. The van der Waals surface area contributed by atoms with Gasteiger partial charge in [0.05, 0.1) is 17.3 Å². The first-order chi connectivity index (χ1) is 14.4. The van der Waals surface area contributed by atoms with Crippen molar-refractivity contribution in [3.63, 3.8) is 0 Å². The number of carbonyl (C=O) groups is 1. The van der Waals surface area contributed by atoms with E-state index in [2.05, 4.69) is 10.00 Å². The lowest BCUT2D eigenvalue weighted by atomic mass is 10.1. The van der Waals surface area contributed by atoms with E-state index in [1.807, 2.05) is 25.1 Å². The molecule has 0 spiro atoms. The second-order valence-electron chi connectivity index (χ2n) is 7.49. The topological polar surface area (TPSA) is 78.4 Å². The molecule has 1 fully saturated rings. The summed E-state index contributed by atoms with van der Waals surface area (Å²) in [6.45, 7) is 4.85. The lowest BCUT2D eigenvalue weighted by Crippen LogP contribution is -2.49. The van der Waals surface area contributed by atoms with Crippen LogP contribution in [0.4, 0.5) is 5.69 Å². The van der Waals surface area contributed by atoms with Gasteiger partial charge in [-0.25, -0.2) is 4.68 Å². The summed E-state index contributed by atoms with van der Waals surface area (Å²) in [7, 11) is 0. The quantitative estimate of drug-likeness (QED) is 0.694. The number of carbonyl (C=O) groups excluding carboxylic acids is 1. The first-order valence-electron chi connectivity index (χ1n) is 9.95. The molecule has 8 heteroatoms. The predicted molar refractivity (Wildman–Crippen MR) is 118 cm³/mol. The number of aromatic nitrogens is 2. The van der Waals surface area contributed by atoms with E-state index in [0.717, 1.165) is 24.3 Å². The number of fused-ring (bicyclic) bond motifs is 1. The van der Waals surface area contributed by atoms with Crippen molar-refractivity contribution in [1.29, 1.82) is 0 Å². The molecule has 1 saturated heterocycles. The zero-order valence-electron chi connectivity index (χ0n) is 16.7. The summed E-state index contributed by atoms with van der Waals surface area (Å²) in [5.41, 5.74) is 1.62. The fraction of sp³-hybridized carbons (Fsp3) is 0.318. The Bertz CT molecular complexity index is 1210. The van der Waals surface area contributed by atoms with Gasteiger partial charge < -0.3 is 9.80 Å². The van der Waals surface area contributed by atoms with Gasteiger partial charge in [-0.2, -0.15) is 0 Å². The van der Waals surface area contributed by atoms with Crippen molar-refractivity contribution in [3.05, 3.63) is 73.8 Å². The molecular weight excluding hydrogens is 404 g/mol. The van der Waals surface area contributed by atoms with Crippen LogP contribution in [0.25, 0.3) is 10.8 Å². The summed E-state index contributed by atoms with van der Waals surface area (Å²) in [5, 5.41) is 3.99. The zero-order valence-corrected chi connectivity index (χ0v) is 17.5. The van der Waals surface area contributed by atoms with E-state index in [1.165, 1.54) is 4.68 Å². The number of hydrogen-bond acceptors (Lipinski definition) is 4. The molecule has 1 aliphatic rings. The zero-order chi connectivity index (χ0) is 21.3. The lowest BCUT2D eigenvalue weighted by molar-refractivity contribution is -0.131. The molecule has 0 radical (unpaired) electrons. The molecule has 2 aromatic carbocycles. The highest BCUT2D eigenvalue weighted by molar-refractivity contribution is 6.30. The molecule has 0 aliphatic carbocycles. The van der Waals surface area contributed by atoms with Crippen LogP contribution in [0.1, 0.15) is 12.0 Å². The van der Waals surface area contributed by atoms with Crippen molar-refractivity contribution in [2.24, 2.45) is 0 Å². The molecule has 0 saturated carbocycles. The Morgan fingerprint density at radius 1 is 1.03 bits per heavy atom. The van der Waals surface area contributed by atoms with Crippen molar-refractivity contribution in [3.8, 4) is 0 Å². The highest BCUT2D eigenvalue weighted by Gasteiger charge is 2.22. The van der Waals surface area contributed by atoms with Gasteiger partial charge in [0, 0.05) is 43.3 Å². The molecule has 1 amide bonds. The SMILES string of the molecule is Cc1ccc(Cl)cc1N1CCN(C(=O)CCn2[nH]c(=O)c3ccccc3c2=O)CC1. The Kier molecular flexibility index (Phi) is 5.63. The summed E-state index contributed by atoms with van der Waals surface area (Å²) >= 11 is 6.13. The van der Waals surface area contributed by atoms with E-state index in [4.69, 9.17) is 11.6 Å². The Hall–Kier alpha value is -3.06. The van der Waals surface area contributed by atoms with Crippen LogP contribution >= 0.6 is 11.6 Å². The molecule has 0 bridgehead atoms. The summed E-state index contributed by atoms with van der Waals surface area (Å²) in [4.78, 5) is 41.5. The summed E-state index contributed by atoms with van der Waals surface area (Å²) in [5.74, 6) is -0.0293. The second kappa shape index (κ2) is 8.36. The Morgan fingerprint density at radius 3 is 2.47 bits per heavy atom. The highest BCUT2D eigenvalue weighted by atomic mass is 35.5. The van der Waals surface area contributed by atoms with Crippen LogP contribution in [-0.4, -0.2) is 46.8 Å². The van der Waals surface area contributed by atoms with Crippen LogP contribution in [0, 0.1) is 6.92 Å². The first-order valence-corrected chi connectivity index (χ1v) is 10.3. The third kappa shape index (κ3) is 3.98. The maximum absolute atomic E-state index is 12.7. The van der Waals surface area contributed by atoms with Crippen LogP contribution in [0.5, 0.6) is 0 Å². The van der Waals surface area contributed by atoms with E-state index < -0.39 is 0 Å². The molecule has 156 valence electrons. The number of halogens is 1. The van der Waals surface area contributed by atoms with E-state index in [0.29, 0.717) is 28.9 Å². The first kappa shape index (κ1) is 20.2. The fourth-order valence-electron chi connectivity index (χ4n) is 3.89.